The van der Waals surface area contributed by atoms with Crippen molar-refractivity contribution in [2.75, 3.05) is 0 Å². The molecule has 0 saturated heterocycles. The number of sulfone groups is 2. The van der Waals surface area contributed by atoms with Crippen molar-refractivity contribution in [2.24, 2.45) is 5.92 Å². The topological polar surface area (TPSA) is 155 Å². The van der Waals surface area contributed by atoms with E-state index < -0.39 is 56.0 Å². The maximum Gasteiger partial charge on any atom is 0.324 e. The maximum atomic E-state index is 12.7. The van der Waals surface area contributed by atoms with Crippen LogP contribution in [0.2, 0.25) is 0 Å². The number of nitrogens with zero attached hydrogens (tertiary/aromatic N) is 2. The maximum absolute atomic E-state index is 12.7. The van der Waals surface area contributed by atoms with Gasteiger partial charge in [0.15, 0.2) is 0 Å². The summed E-state index contributed by atoms with van der Waals surface area (Å²) >= 11 is 0. The van der Waals surface area contributed by atoms with E-state index in [0.717, 1.165) is 31.2 Å². The van der Waals surface area contributed by atoms with Crippen LogP contribution in [0.1, 0.15) is 6.92 Å². The number of hydrogen-bond donors (Lipinski definition) is 0. The van der Waals surface area contributed by atoms with E-state index in [1.807, 2.05) is 0 Å². The van der Waals surface area contributed by atoms with Crippen LogP contribution in [0.4, 0.5) is 0 Å². The standard InChI is InChI=1S/C16H16N2O8S2/c1-12(15(17(19)20)27(23,24)13-8-4-2-5-9-13)16(18(21)22)28(25,26)14-10-6-3-7-11-14/h2-12,15-16H,1H3. The van der Waals surface area contributed by atoms with E-state index in [0.29, 0.717) is 0 Å². The van der Waals surface area contributed by atoms with Crippen molar-refractivity contribution in [2.45, 2.75) is 27.5 Å². The Balaban J connectivity index is 2.61. The van der Waals surface area contributed by atoms with Crippen molar-refractivity contribution in [1.82, 2.24) is 0 Å². The smallest absolute Gasteiger partial charge is 0.263 e. The largest absolute Gasteiger partial charge is 0.324 e. The van der Waals surface area contributed by atoms with Crippen LogP contribution in [-0.4, -0.2) is 37.4 Å². The summed E-state index contributed by atoms with van der Waals surface area (Å²) in [6.45, 7) is 0.877. The first kappa shape index (κ1) is 21.4. The lowest BCUT2D eigenvalue weighted by Gasteiger charge is -2.20. The second-order valence-electron chi connectivity index (χ2n) is 5.93. The molecule has 0 aromatic heterocycles. The average molecular weight is 428 g/mol. The SMILES string of the molecule is CC(C([N+](=O)[O-])S(=O)(=O)c1ccccc1)C([N+](=O)[O-])S(=O)(=O)c1ccccc1. The number of benzene rings is 2. The van der Waals surface area contributed by atoms with Crippen LogP contribution in [-0.2, 0) is 19.7 Å². The van der Waals surface area contributed by atoms with Crippen LogP contribution in [0.15, 0.2) is 70.5 Å². The summed E-state index contributed by atoms with van der Waals surface area (Å²) in [4.78, 5) is 19.9. The summed E-state index contributed by atoms with van der Waals surface area (Å²) in [6.07, 6.45) is 0. The summed E-state index contributed by atoms with van der Waals surface area (Å²) < 4.78 is 51.0. The van der Waals surface area contributed by atoms with Crippen LogP contribution in [0.3, 0.4) is 0 Å². The summed E-state index contributed by atoms with van der Waals surface area (Å²) in [5.41, 5.74) is 0. The van der Waals surface area contributed by atoms with Gasteiger partial charge in [0.1, 0.15) is 5.92 Å². The zero-order valence-electron chi connectivity index (χ0n) is 14.5. The minimum absolute atomic E-state index is 0.428. The second-order valence-corrected chi connectivity index (χ2v) is 10.0. The van der Waals surface area contributed by atoms with Gasteiger partial charge in [-0.1, -0.05) is 36.4 Å². The highest BCUT2D eigenvalue weighted by molar-refractivity contribution is 7.92. The Hall–Kier alpha value is -2.86. The molecule has 0 spiro atoms. The molecule has 0 aliphatic heterocycles. The van der Waals surface area contributed by atoms with Gasteiger partial charge in [0.2, 0.25) is 19.7 Å². The highest BCUT2D eigenvalue weighted by Gasteiger charge is 2.55. The lowest BCUT2D eigenvalue weighted by Crippen LogP contribution is -2.47. The van der Waals surface area contributed by atoms with E-state index in [4.69, 9.17) is 0 Å². The fourth-order valence-corrected chi connectivity index (χ4v) is 6.43. The Morgan fingerprint density at radius 2 is 0.964 bits per heavy atom. The van der Waals surface area contributed by atoms with E-state index in [-0.39, 0.29) is 0 Å². The first-order valence-corrected chi connectivity index (χ1v) is 11.0. The molecule has 2 atom stereocenters. The van der Waals surface area contributed by atoms with Crippen LogP contribution < -0.4 is 0 Å². The van der Waals surface area contributed by atoms with Crippen molar-refractivity contribution in [3.63, 3.8) is 0 Å². The highest BCUT2D eigenvalue weighted by atomic mass is 32.2. The van der Waals surface area contributed by atoms with Gasteiger partial charge >= 0.3 is 10.7 Å². The van der Waals surface area contributed by atoms with Gasteiger partial charge < -0.3 is 0 Å². The van der Waals surface area contributed by atoms with Gasteiger partial charge in [0.05, 0.1) is 9.79 Å². The summed E-state index contributed by atoms with van der Waals surface area (Å²) in [7, 11) is -9.38. The van der Waals surface area contributed by atoms with Gasteiger partial charge in [-0.2, -0.15) is 0 Å². The Morgan fingerprint density at radius 1 is 0.679 bits per heavy atom. The lowest BCUT2D eigenvalue weighted by atomic mass is 10.2. The van der Waals surface area contributed by atoms with E-state index in [1.54, 1.807) is 0 Å². The predicted molar refractivity (Wildman–Crippen MR) is 98.0 cm³/mol. The van der Waals surface area contributed by atoms with Gasteiger partial charge in [-0.25, -0.2) is 16.8 Å². The summed E-state index contributed by atoms with van der Waals surface area (Å²) in [5, 5.41) is 18.1. The fourth-order valence-electron chi connectivity index (χ4n) is 2.82. The molecule has 2 rings (SSSR count). The molecule has 10 nitrogen and oxygen atoms in total. The third-order valence-corrected chi connectivity index (χ3v) is 8.43. The molecule has 0 heterocycles. The molecule has 2 aromatic rings. The predicted octanol–water partition coefficient (Wildman–Crippen LogP) is 1.78. The van der Waals surface area contributed by atoms with Crippen molar-refractivity contribution >= 4 is 19.7 Å². The molecule has 0 bridgehead atoms. The van der Waals surface area contributed by atoms with Crippen molar-refractivity contribution in [1.29, 1.82) is 0 Å². The van der Waals surface area contributed by atoms with Crippen LogP contribution >= 0.6 is 0 Å². The molecular weight excluding hydrogens is 412 g/mol. The third kappa shape index (κ3) is 4.02. The van der Waals surface area contributed by atoms with Gasteiger partial charge in [-0.3, -0.25) is 20.2 Å². The molecule has 12 heteroatoms. The molecule has 0 amide bonds. The third-order valence-electron chi connectivity index (χ3n) is 4.09. The summed E-state index contributed by atoms with van der Waals surface area (Å²) in [5.74, 6) is -1.97. The molecule has 0 saturated carbocycles. The molecule has 0 aliphatic carbocycles. The molecule has 0 fully saturated rings. The number of hydrogen-bond acceptors (Lipinski definition) is 8. The van der Waals surface area contributed by atoms with Crippen LogP contribution in [0.5, 0.6) is 0 Å². The molecule has 0 radical (unpaired) electrons. The number of nitro groups is 2. The van der Waals surface area contributed by atoms with Crippen LogP contribution in [0.25, 0.3) is 0 Å². The molecule has 28 heavy (non-hydrogen) atoms. The molecule has 0 N–H and O–H groups in total. The van der Waals surface area contributed by atoms with Gasteiger partial charge in [0, 0.05) is 9.85 Å². The van der Waals surface area contributed by atoms with E-state index >= 15 is 0 Å². The van der Waals surface area contributed by atoms with Gasteiger partial charge in [-0.05, 0) is 31.2 Å². The Bertz CT molecular complexity index is 983. The molecule has 2 unspecified atom stereocenters. The first-order valence-electron chi connectivity index (χ1n) is 7.86. The lowest BCUT2D eigenvalue weighted by molar-refractivity contribution is -0.544. The quantitative estimate of drug-likeness (QED) is 0.455. The average Bonchev–Trinajstić information content (AvgIpc) is 2.62. The van der Waals surface area contributed by atoms with Crippen molar-refractivity contribution < 1.29 is 26.7 Å². The first-order chi connectivity index (χ1) is 13.0. The molecule has 2 aromatic carbocycles. The van der Waals surface area contributed by atoms with Gasteiger partial charge in [0.25, 0.3) is 0 Å². The minimum Gasteiger partial charge on any atom is -0.263 e. The van der Waals surface area contributed by atoms with Crippen molar-refractivity contribution in [3.8, 4) is 0 Å². The zero-order chi connectivity index (χ0) is 21.1. The molecular formula is C16H16N2O8S2. The highest BCUT2D eigenvalue weighted by Crippen LogP contribution is 2.30. The second kappa shape index (κ2) is 8.02. The zero-order valence-corrected chi connectivity index (χ0v) is 16.1. The minimum atomic E-state index is -4.69. The van der Waals surface area contributed by atoms with Crippen LogP contribution in [0, 0.1) is 26.1 Å². The van der Waals surface area contributed by atoms with Gasteiger partial charge in [-0.15, -0.1) is 0 Å². The normalized spacial score (nSPS) is 15.3. The summed E-state index contributed by atoms with van der Waals surface area (Å²) in [6, 6.07) is 12.7. The van der Waals surface area contributed by atoms with E-state index in [1.165, 1.54) is 36.4 Å². The Kier molecular flexibility index (Phi) is 6.14. The Morgan fingerprint density at radius 3 is 1.21 bits per heavy atom. The number of rotatable bonds is 8. The van der Waals surface area contributed by atoms with E-state index in [2.05, 4.69) is 0 Å². The molecule has 0 aliphatic rings. The monoisotopic (exact) mass is 428 g/mol. The molecule has 150 valence electrons. The van der Waals surface area contributed by atoms with Crippen molar-refractivity contribution in [3.05, 3.63) is 80.9 Å². The van der Waals surface area contributed by atoms with E-state index in [9.17, 15) is 37.1 Å². The Labute approximate surface area is 161 Å². The fraction of sp³-hybridized carbons (Fsp3) is 0.250.